The van der Waals surface area contributed by atoms with Crippen LogP contribution >= 0.6 is 8.58 Å². The Kier molecular flexibility index (Phi) is 6.18. The molecule has 0 radical (unpaired) electrons. The minimum absolute atomic E-state index is 0.0761. The highest BCUT2D eigenvalue weighted by Gasteiger charge is 2.30. The van der Waals surface area contributed by atoms with E-state index >= 15 is 0 Å². The van der Waals surface area contributed by atoms with Crippen molar-refractivity contribution in [1.82, 2.24) is 0 Å². The molecule has 0 aliphatic rings. The highest BCUT2D eigenvalue weighted by molar-refractivity contribution is 7.48. The molecule has 0 heterocycles. The number of phenols is 1. The number of phenolic OH excluding ortho intramolecular Hbond substituents is 1. The highest BCUT2D eigenvalue weighted by atomic mass is 31.1. The van der Waals surface area contributed by atoms with Crippen LogP contribution in [0.2, 0.25) is 0 Å². The number of hydrogen-bond acceptors (Lipinski definition) is 2. The number of aliphatic imine (C=N–C) groups is 1. The van der Waals surface area contributed by atoms with Crippen LogP contribution in [0.1, 0.15) is 48.9 Å². The molecule has 2 aromatic carbocycles. The molecule has 0 fully saturated rings. The van der Waals surface area contributed by atoms with Crippen molar-refractivity contribution in [2.45, 2.75) is 45.7 Å². The van der Waals surface area contributed by atoms with Gasteiger partial charge in [-0.2, -0.15) is 0 Å². The van der Waals surface area contributed by atoms with E-state index in [0.29, 0.717) is 14.3 Å². The van der Waals surface area contributed by atoms with Crippen LogP contribution < -0.4 is 5.30 Å². The Morgan fingerprint density at radius 3 is 2.58 bits per heavy atom. The third-order valence-corrected chi connectivity index (χ3v) is 6.22. The maximum absolute atomic E-state index is 10.7. The first-order valence-corrected chi connectivity index (χ1v) is 9.51. The molecular formula is C21H28NOP. The van der Waals surface area contributed by atoms with Crippen LogP contribution in [0.15, 0.2) is 41.4 Å². The predicted molar refractivity (Wildman–Crippen MR) is 108 cm³/mol. The van der Waals surface area contributed by atoms with E-state index in [4.69, 9.17) is 0 Å². The normalized spacial score (nSPS) is 14.5. The van der Waals surface area contributed by atoms with Gasteiger partial charge in [-0.3, -0.25) is 4.99 Å². The summed E-state index contributed by atoms with van der Waals surface area (Å²) in [6.45, 7) is 8.58. The lowest BCUT2D eigenvalue weighted by Gasteiger charge is -2.32. The molecule has 0 spiro atoms. The van der Waals surface area contributed by atoms with E-state index in [2.05, 4.69) is 56.1 Å². The molecule has 0 aromatic heterocycles. The molecule has 2 atom stereocenters. The summed E-state index contributed by atoms with van der Waals surface area (Å²) in [5.74, 6) is 0.450. The molecule has 0 saturated heterocycles. The lowest BCUT2D eigenvalue weighted by atomic mass is 9.91. The molecular weight excluding hydrogens is 313 g/mol. The van der Waals surface area contributed by atoms with E-state index in [1.165, 1.54) is 16.4 Å². The topological polar surface area (TPSA) is 32.6 Å². The third kappa shape index (κ3) is 4.05. The van der Waals surface area contributed by atoms with Crippen molar-refractivity contribution < 1.29 is 5.11 Å². The standard InChI is InChI=1S/C21H28NOP/c1-6-11-21(4,18-13-15(2)12-16(3)20(18)23)24-19-10-8-7-9-17(19)14-22-5/h7-10,12-14,23-24H,6,11H2,1-5H3. The fourth-order valence-electron chi connectivity index (χ4n) is 3.30. The van der Waals surface area contributed by atoms with Gasteiger partial charge in [-0.05, 0) is 36.7 Å². The molecule has 0 saturated carbocycles. The van der Waals surface area contributed by atoms with Crippen LogP contribution in [0, 0.1) is 13.8 Å². The van der Waals surface area contributed by atoms with Gasteiger partial charge in [-0.25, -0.2) is 0 Å². The van der Waals surface area contributed by atoms with E-state index in [1.807, 2.05) is 19.2 Å². The average molecular weight is 341 g/mol. The Balaban J connectivity index is 2.53. The molecule has 0 aliphatic carbocycles. The second-order valence-electron chi connectivity index (χ2n) is 6.66. The first kappa shape index (κ1) is 18.7. The van der Waals surface area contributed by atoms with Gasteiger partial charge in [0.2, 0.25) is 0 Å². The second-order valence-corrected chi connectivity index (χ2v) is 8.55. The Hall–Kier alpha value is -1.66. The fraction of sp³-hybridized carbons (Fsp3) is 0.381. The van der Waals surface area contributed by atoms with Crippen molar-refractivity contribution in [3.63, 3.8) is 0 Å². The van der Waals surface area contributed by atoms with Crippen LogP contribution in [0.5, 0.6) is 5.75 Å². The maximum Gasteiger partial charge on any atom is 0.122 e. The molecule has 0 aliphatic heterocycles. The Bertz CT molecular complexity index is 739. The van der Waals surface area contributed by atoms with E-state index in [-0.39, 0.29) is 5.16 Å². The van der Waals surface area contributed by atoms with Gasteiger partial charge in [0.1, 0.15) is 5.75 Å². The minimum Gasteiger partial charge on any atom is -0.507 e. The number of aromatic hydroxyl groups is 1. The van der Waals surface area contributed by atoms with Gasteiger partial charge >= 0.3 is 0 Å². The van der Waals surface area contributed by atoms with Gasteiger partial charge in [0.05, 0.1) is 0 Å². The summed E-state index contributed by atoms with van der Waals surface area (Å²) in [4.78, 5) is 4.19. The van der Waals surface area contributed by atoms with E-state index in [9.17, 15) is 5.11 Å². The number of hydrogen-bond donors (Lipinski definition) is 1. The molecule has 2 rings (SSSR count). The predicted octanol–water partition coefficient (Wildman–Crippen LogP) is 5.08. The molecule has 3 heteroatoms. The SMILES string of the molecule is CCCC(C)(Pc1ccccc1C=NC)c1cc(C)cc(C)c1O. The summed E-state index contributed by atoms with van der Waals surface area (Å²) >= 11 is 0. The van der Waals surface area contributed by atoms with Gasteiger partial charge in [0, 0.05) is 24.0 Å². The summed E-state index contributed by atoms with van der Waals surface area (Å²) in [5.41, 5.74) is 4.41. The number of rotatable bonds is 6. The molecule has 2 nitrogen and oxygen atoms in total. The van der Waals surface area contributed by atoms with Crippen LogP contribution in [0.3, 0.4) is 0 Å². The van der Waals surface area contributed by atoms with E-state index in [1.54, 1.807) is 7.05 Å². The molecule has 128 valence electrons. The van der Waals surface area contributed by atoms with Crippen molar-refractivity contribution >= 4 is 20.1 Å². The zero-order valence-electron chi connectivity index (χ0n) is 15.4. The maximum atomic E-state index is 10.7. The van der Waals surface area contributed by atoms with Crippen LogP contribution in [0.25, 0.3) is 0 Å². The smallest absolute Gasteiger partial charge is 0.122 e. The molecule has 2 aromatic rings. The number of benzene rings is 2. The van der Waals surface area contributed by atoms with Gasteiger partial charge in [0.25, 0.3) is 0 Å². The first-order chi connectivity index (χ1) is 11.4. The Morgan fingerprint density at radius 1 is 1.21 bits per heavy atom. The Labute approximate surface area is 147 Å². The fourth-order valence-corrected chi connectivity index (χ4v) is 5.07. The van der Waals surface area contributed by atoms with Crippen LogP contribution in [-0.4, -0.2) is 18.4 Å². The van der Waals surface area contributed by atoms with Crippen molar-refractivity contribution in [1.29, 1.82) is 0 Å². The first-order valence-electron chi connectivity index (χ1n) is 8.51. The van der Waals surface area contributed by atoms with Crippen molar-refractivity contribution in [2.24, 2.45) is 4.99 Å². The van der Waals surface area contributed by atoms with Gasteiger partial charge < -0.3 is 5.11 Å². The molecule has 2 unspecified atom stereocenters. The monoisotopic (exact) mass is 341 g/mol. The summed E-state index contributed by atoms with van der Waals surface area (Å²) in [5, 5.41) is 11.9. The summed E-state index contributed by atoms with van der Waals surface area (Å²) in [7, 11) is 2.39. The lowest BCUT2D eigenvalue weighted by Crippen LogP contribution is -2.21. The second kappa shape index (κ2) is 7.94. The molecule has 0 bridgehead atoms. The Morgan fingerprint density at radius 2 is 1.92 bits per heavy atom. The number of nitrogens with zero attached hydrogens (tertiary/aromatic N) is 1. The molecule has 1 N–H and O–H groups in total. The van der Waals surface area contributed by atoms with Crippen LogP contribution in [0.4, 0.5) is 0 Å². The van der Waals surface area contributed by atoms with Crippen molar-refractivity contribution in [2.75, 3.05) is 7.05 Å². The molecule has 24 heavy (non-hydrogen) atoms. The van der Waals surface area contributed by atoms with E-state index < -0.39 is 0 Å². The van der Waals surface area contributed by atoms with Crippen molar-refractivity contribution in [3.05, 3.63) is 58.7 Å². The quantitative estimate of drug-likeness (QED) is 0.577. The lowest BCUT2D eigenvalue weighted by molar-refractivity contribution is 0.449. The zero-order valence-corrected chi connectivity index (χ0v) is 16.4. The highest BCUT2D eigenvalue weighted by Crippen LogP contribution is 2.49. The van der Waals surface area contributed by atoms with Gasteiger partial charge in [-0.15, -0.1) is 0 Å². The molecule has 0 amide bonds. The average Bonchev–Trinajstić information content (AvgIpc) is 2.53. The largest absolute Gasteiger partial charge is 0.507 e. The summed E-state index contributed by atoms with van der Waals surface area (Å²) in [6, 6.07) is 12.6. The van der Waals surface area contributed by atoms with Gasteiger partial charge in [0.15, 0.2) is 0 Å². The third-order valence-electron chi connectivity index (χ3n) is 4.43. The minimum atomic E-state index is -0.0761. The van der Waals surface area contributed by atoms with Gasteiger partial charge in [-0.1, -0.05) is 70.8 Å². The summed E-state index contributed by atoms with van der Waals surface area (Å²) < 4.78 is 0. The van der Waals surface area contributed by atoms with Crippen LogP contribution in [-0.2, 0) is 5.16 Å². The number of aryl methyl sites for hydroxylation is 2. The van der Waals surface area contributed by atoms with E-state index in [0.717, 1.165) is 24.0 Å². The zero-order chi connectivity index (χ0) is 17.7. The van der Waals surface area contributed by atoms with Crippen molar-refractivity contribution in [3.8, 4) is 5.75 Å². The summed E-state index contributed by atoms with van der Waals surface area (Å²) in [6.07, 6.45) is 4.05.